The van der Waals surface area contributed by atoms with Crippen molar-refractivity contribution in [2.75, 3.05) is 18.1 Å². The normalized spacial score (nSPS) is 31.4. The van der Waals surface area contributed by atoms with Gasteiger partial charge in [0.15, 0.2) is 17.8 Å². The Morgan fingerprint density at radius 2 is 2.20 bits per heavy atom. The number of rotatable bonds is 0. The van der Waals surface area contributed by atoms with Crippen LogP contribution in [-0.2, 0) is 20.7 Å². The van der Waals surface area contributed by atoms with E-state index in [2.05, 4.69) is 4.90 Å². The summed E-state index contributed by atoms with van der Waals surface area (Å²) in [6.45, 7) is 0.767. The van der Waals surface area contributed by atoms with Crippen LogP contribution in [0.15, 0.2) is 18.2 Å². The molecule has 0 radical (unpaired) electrons. The first-order valence-electron chi connectivity index (χ1n) is 6.89. The van der Waals surface area contributed by atoms with Crippen molar-refractivity contribution in [1.82, 2.24) is 0 Å². The highest BCUT2D eigenvalue weighted by Gasteiger charge is 2.62. The van der Waals surface area contributed by atoms with Crippen molar-refractivity contribution in [3.8, 4) is 0 Å². The largest absolute Gasteiger partial charge is 0.457 e. The van der Waals surface area contributed by atoms with Gasteiger partial charge in [0.2, 0.25) is 0 Å². The second-order valence-electron chi connectivity index (χ2n) is 5.74. The van der Waals surface area contributed by atoms with Crippen molar-refractivity contribution in [2.24, 2.45) is 5.41 Å². The molecule has 2 atom stereocenters. The average Bonchev–Trinajstić information content (AvgIpc) is 3.02. The number of hydrogen-bond acceptors (Lipinski definition) is 4. The number of Topliss-reactive ketones (excluding diaryl/α,β-unsaturated/α-hetero) is 1. The number of carbonyl (C=O) groups excluding carboxylic acids is 2. The number of ether oxygens (including phenoxy) is 1. The lowest BCUT2D eigenvalue weighted by molar-refractivity contribution is -0.148. The Morgan fingerprint density at radius 1 is 1.35 bits per heavy atom. The van der Waals surface area contributed by atoms with Crippen LogP contribution in [0.1, 0.15) is 18.4 Å². The van der Waals surface area contributed by atoms with E-state index in [4.69, 9.17) is 16.3 Å². The minimum absolute atomic E-state index is 0.0732. The molecule has 2 saturated heterocycles. The molecule has 0 aliphatic carbocycles. The summed E-state index contributed by atoms with van der Waals surface area (Å²) in [4.78, 5) is 26.9. The van der Waals surface area contributed by atoms with Gasteiger partial charge in [0.05, 0.1) is 6.04 Å². The van der Waals surface area contributed by atoms with Gasteiger partial charge in [-0.2, -0.15) is 0 Å². The Labute approximate surface area is 121 Å². The van der Waals surface area contributed by atoms with Crippen LogP contribution in [0.4, 0.5) is 5.69 Å². The third-order valence-corrected chi connectivity index (χ3v) is 5.23. The smallest absolute Gasteiger partial charge is 0.322 e. The zero-order valence-corrected chi connectivity index (χ0v) is 11.7. The molecule has 3 aliphatic heterocycles. The molecule has 3 aliphatic rings. The van der Waals surface area contributed by atoms with Crippen molar-refractivity contribution >= 4 is 29.0 Å². The Balaban J connectivity index is 1.94. The van der Waals surface area contributed by atoms with E-state index >= 15 is 0 Å². The Kier molecular flexibility index (Phi) is 2.43. The van der Waals surface area contributed by atoms with Gasteiger partial charge in [0.25, 0.3) is 0 Å². The first kappa shape index (κ1) is 12.2. The topological polar surface area (TPSA) is 46.6 Å². The fourth-order valence-electron chi connectivity index (χ4n) is 3.95. The molecule has 104 valence electrons. The van der Waals surface area contributed by atoms with Crippen molar-refractivity contribution in [1.29, 1.82) is 0 Å². The monoisotopic (exact) mass is 291 g/mol. The number of anilines is 1. The quantitative estimate of drug-likeness (QED) is 0.542. The highest BCUT2D eigenvalue weighted by atomic mass is 35.5. The van der Waals surface area contributed by atoms with Gasteiger partial charge < -0.3 is 9.64 Å². The molecule has 2 fully saturated rings. The highest BCUT2D eigenvalue weighted by molar-refractivity contribution is 6.32. The molecule has 4 rings (SSSR count). The van der Waals surface area contributed by atoms with Gasteiger partial charge in [0.1, 0.15) is 0 Å². The van der Waals surface area contributed by atoms with E-state index in [1.54, 1.807) is 0 Å². The molecule has 1 aromatic rings. The third kappa shape index (κ3) is 1.32. The summed E-state index contributed by atoms with van der Waals surface area (Å²) in [6, 6.07) is 5.69. The van der Waals surface area contributed by atoms with Gasteiger partial charge in [-0.1, -0.05) is 17.7 Å². The maximum absolute atomic E-state index is 12.4. The Morgan fingerprint density at radius 3 is 2.95 bits per heavy atom. The van der Waals surface area contributed by atoms with E-state index < -0.39 is 5.41 Å². The predicted molar refractivity (Wildman–Crippen MR) is 73.9 cm³/mol. The van der Waals surface area contributed by atoms with Crippen molar-refractivity contribution in [3.63, 3.8) is 0 Å². The molecule has 0 aromatic heterocycles. The van der Waals surface area contributed by atoms with E-state index in [1.165, 1.54) is 0 Å². The summed E-state index contributed by atoms with van der Waals surface area (Å²) < 4.78 is 5.06. The first-order chi connectivity index (χ1) is 9.64. The van der Waals surface area contributed by atoms with Crippen LogP contribution in [0.2, 0.25) is 5.02 Å². The number of carbonyl (C=O) groups is 2. The van der Waals surface area contributed by atoms with Crippen LogP contribution in [0, 0.1) is 5.41 Å². The lowest BCUT2D eigenvalue weighted by Crippen LogP contribution is -2.55. The Bertz CT molecular complexity index is 612. The molecule has 0 N–H and O–H groups in total. The lowest BCUT2D eigenvalue weighted by atomic mass is 9.69. The first-order valence-corrected chi connectivity index (χ1v) is 7.27. The lowest BCUT2D eigenvalue weighted by Gasteiger charge is -2.43. The van der Waals surface area contributed by atoms with E-state index in [9.17, 15) is 9.59 Å². The minimum atomic E-state index is -1.03. The molecule has 1 aromatic carbocycles. The fraction of sp³-hybridized carbons (Fsp3) is 0.467. The molecule has 20 heavy (non-hydrogen) atoms. The van der Waals surface area contributed by atoms with Gasteiger partial charge in [-0.15, -0.1) is 0 Å². The van der Waals surface area contributed by atoms with Gasteiger partial charge >= 0.3 is 5.97 Å². The number of halogens is 1. The molecule has 1 spiro atoms. The average molecular weight is 292 g/mol. The van der Waals surface area contributed by atoms with Crippen LogP contribution in [-0.4, -0.2) is 30.9 Å². The Hall–Kier alpha value is -1.55. The summed E-state index contributed by atoms with van der Waals surface area (Å²) in [5, 5.41) is 0.625. The summed E-state index contributed by atoms with van der Waals surface area (Å²) in [6.07, 6.45) is 2.21. The number of hydrogen-bond donors (Lipinski definition) is 0. The number of fused-ring (bicyclic) bond motifs is 4. The molecular formula is C15H14ClNO3. The predicted octanol–water partition coefficient (Wildman–Crippen LogP) is 1.98. The molecule has 0 unspecified atom stereocenters. The van der Waals surface area contributed by atoms with Crippen molar-refractivity contribution in [3.05, 3.63) is 28.8 Å². The third-order valence-electron chi connectivity index (χ3n) is 4.88. The standard InChI is InChI=1S/C15H14ClNO3/c16-10-3-1-4-11-9(10)7-15(12-5-2-6-17(11)12)13(18)8-20-14(15)19/h1,3-4,12H,2,5-8H2/t12-,15-/m1/s1. The van der Waals surface area contributed by atoms with Gasteiger partial charge in [-0.3, -0.25) is 9.59 Å². The summed E-state index contributed by atoms with van der Waals surface area (Å²) >= 11 is 6.30. The molecule has 4 nitrogen and oxygen atoms in total. The maximum Gasteiger partial charge on any atom is 0.322 e. The van der Waals surface area contributed by atoms with E-state index in [0.717, 1.165) is 30.6 Å². The minimum Gasteiger partial charge on any atom is -0.457 e. The van der Waals surface area contributed by atoms with Crippen LogP contribution in [0.5, 0.6) is 0 Å². The zero-order chi connectivity index (χ0) is 13.9. The number of ketones is 1. The molecule has 0 amide bonds. The summed E-state index contributed by atoms with van der Waals surface area (Å²) in [5.74, 6) is -0.463. The van der Waals surface area contributed by atoms with Gasteiger partial charge in [-0.05, 0) is 30.5 Å². The molecular weight excluding hydrogens is 278 g/mol. The van der Waals surface area contributed by atoms with E-state index in [1.807, 2.05) is 18.2 Å². The van der Waals surface area contributed by atoms with Crippen LogP contribution >= 0.6 is 11.6 Å². The zero-order valence-electron chi connectivity index (χ0n) is 10.9. The molecule has 5 heteroatoms. The molecule has 3 heterocycles. The molecule has 0 bridgehead atoms. The van der Waals surface area contributed by atoms with Gasteiger partial charge in [0, 0.05) is 23.7 Å². The summed E-state index contributed by atoms with van der Waals surface area (Å²) in [5.41, 5.74) is 0.937. The highest BCUT2D eigenvalue weighted by Crippen LogP contribution is 2.50. The fourth-order valence-corrected chi connectivity index (χ4v) is 4.19. The number of nitrogens with zero attached hydrogens (tertiary/aromatic N) is 1. The summed E-state index contributed by atoms with van der Waals surface area (Å²) in [7, 11) is 0. The van der Waals surface area contributed by atoms with Crippen LogP contribution < -0.4 is 4.90 Å². The SMILES string of the molecule is O=C1COC(=O)[C@@]12Cc1c(Cl)cccc1N1CCC[C@@H]12. The number of benzene rings is 1. The van der Waals surface area contributed by atoms with E-state index in [-0.39, 0.29) is 24.4 Å². The van der Waals surface area contributed by atoms with E-state index in [0.29, 0.717) is 11.4 Å². The van der Waals surface area contributed by atoms with Crippen LogP contribution in [0.25, 0.3) is 0 Å². The molecule has 0 saturated carbocycles. The van der Waals surface area contributed by atoms with Crippen LogP contribution in [0.3, 0.4) is 0 Å². The maximum atomic E-state index is 12.4. The second-order valence-corrected chi connectivity index (χ2v) is 6.14. The second kappa shape index (κ2) is 3.98. The van der Waals surface area contributed by atoms with Gasteiger partial charge in [-0.25, -0.2) is 0 Å². The van der Waals surface area contributed by atoms with Crippen molar-refractivity contribution < 1.29 is 14.3 Å². The van der Waals surface area contributed by atoms with Crippen molar-refractivity contribution in [2.45, 2.75) is 25.3 Å². The number of esters is 1. The number of cyclic esters (lactones) is 1.